The molecule has 2 nitrogen and oxygen atoms in total. The van der Waals surface area contributed by atoms with Crippen LogP contribution in [0.5, 0.6) is 0 Å². The van der Waals surface area contributed by atoms with Crippen LogP contribution in [-0.2, 0) is 10.6 Å². The quantitative estimate of drug-likeness (QED) is 0.567. The van der Waals surface area contributed by atoms with Crippen molar-refractivity contribution in [2.75, 3.05) is 6.61 Å². The number of benzene rings is 1. The van der Waals surface area contributed by atoms with Crippen molar-refractivity contribution in [2.24, 2.45) is 0 Å². The van der Waals surface area contributed by atoms with Crippen LogP contribution in [0.15, 0.2) is 24.3 Å². The van der Waals surface area contributed by atoms with E-state index in [1.807, 2.05) is 19.1 Å². The summed E-state index contributed by atoms with van der Waals surface area (Å²) in [5.41, 5.74) is 1.38. The molecule has 0 atom stereocenters. The van der Waals surface area contributed by atoms with Crippen molar-refractivity contribution in [2.45, 2.75) is 19.2 Å². The Morgan fingerprint density at radius 2 is 2.14 bits per heavy atom. The highest BCUT2D eigenvalue weighted by Crippen LogP contribution is 2.12. The van der Waals surface area contributed by atoms with Crippen molar-refractivity contribution in [3.8, 4) is 0 Å². The van der Waals surface area contributed by atoms with Crippen molar-refractivity contribution in [1.82, 2.24) is 0 Å². The molecule has 0 aliphatic carbocycles. The maximum Gasteiger partial charge on any atom is 0.338 e. The minimum Gasteiger partial charge on any atom is -0.462 e. The first-order chi connectivity index (χ1) is 6.79. The van der Waals surface area contributed by atoms with E-state index in [2.05, 4.69) is 0 Å². The van der Waals surface area contributed by atoms with Gasteiger partial charge < -0.3 is 4.74 Å². The molecule has 1 aromatic carbocycles. The van der Waals surface area contributed by atoms with Gasteiger partial charge in [-0.2, -0.15) is 0 Å². The third-order valence-electron chi connectivity index (χ3n) is 1.82. The Labute approximate surface area is 88.8 Å². The van der Waals surface area contributed by atoms with E-state index in [1.165, 1.54) is 0 Å². The third kappa shape index (κ3) is 2.74. The van der Waals surface area contributed by atoms with Gasteiger partial charge in [0.25, 0.3) is 0 Å². The summed E-state index contributed by atoms with van der Waals surface area (Å²) in [5.74, 6) is 0.0420. The molecule has 1 rings (SSSR count). The molecule has 0 N–H and O–H groups in total. The van der Waals surface area contributed by atoms with Gasteiger partial charge in [-0.3, -0.25) is 0 Å². The average molecular weight is 213 g/mol. The van der Waals surface area contributed by atoms with E-state index in [0.29, 0.717) is 18.1 Å². The monoisotopic (exact) mass is 212 g/mol. The number of halogens is 1. The van der Waals surface area contributed by atoms with Crippen molar-refractivity contribution >= 4 is 17.6 Å². The average Bonchev–Trinajstić information content (AvgIpc) is 2.25. The van der Waals surface area contributed by atoms with Gasteiger partial charge >= 0.3 is 5.97 Å². The normalized spacial score (nSPS) is 9.86. The largest absolute Gasteiger partial charge is 0.462 e. The fourth-order valence-electron chi connectivity index (χ4n) is 1.11. The maximum absolute atomic E-state index is 11.5. The lowest BCUT2D eigenvalue weighted by molar-refractivity contribution is 0.0504. The van der Waals surface area contributed by atoms with E-state index in [0.717, 1.165) is 12.0 Å². The van der Waals surface area contributed by atoms with Crippen LogP contribution in [0.3, 0.4) is 0 Å². The fourth-order valence-corrected chi connectivity index (χ4v) is 1.34. The second-order valence-electron chi connectivity index (χ2n) is 2.93. The fraction of sp³-hybridized carbons (Fsp3) is 0.364. The molecular weight excluding hydrogens is 200 g/mol. The topological polar surface area (TPSA) is 26.3 Å². The molecule has 0 aromatic heterocycles. The van der Waals surface area contributed by atoms with Crippen molar-refractivity contribution in [1.29, 1.82) is 0 Å². The summed E-state index contributed by atoms with van der Waals surface area (Å²) < 4.78 is 5.02. The molecule has 0 aliphatic heterocycles. The van der Waals surface area contributed by atoms with Crippen LogP contribution in [-0.4, -0.2) is 12.6 Å². The molecule has 0 radical (unpaired) electrons. The third-order valence-corrected chi connectivity index (χ3v) is 2.11. The zero-order valence-corrected chi connectivity index (χ0v) is 8.88. The molecule has 0 aliphatic rings. The number of carbonyl (C=O) groups excluding carboxylic acids is 1. The highest BCUT2D eigenvalue weighted by atomic mass is 35.5. The van der Waals surface area contributed by atoms with Crippen LogP contribution in [0.1, 0.15) is 29.3 Å². The summed E-state index contributed by atoms with van der Waals surface area (Å²) in [6, 6.07) is 7.22. The van der Waals surface area contributed by atoms with Crippen LogP contribution in [0.25, 0.3) is 0 Å². The molecule has 3 heteroatoms. The van der Waals surface area contributed by atoms with E-state index in [-0.39, 0.29) is 5.97 Å². The van der Waals surface area contributed by atoms with Crippen molar-refractivity contribution < 1.29 is 9.53 Å². The van der Waals surface area contributed by atoms with Gasteiger partial charge in [-0.25, -0.2) is 4.79 Å². The summed E-state index contributed by atoms with van der Waals surface area (Å²) >= 11 is 5.70. The Morgan fingerprint density at radius 3 is 2.79 bits per heavy atom. The lowest BCUT2D eigenvalue weighted by atomic mass is 10.1. The van der Waals surface area contributed by atoms with E-state index in [9.17, 15) is 4.79 Å². The lowest BCUT2D eigenvalue weighted by Gasteiger charge is -2.06. The minimum atomic E-state index is -0.289. The maximum atomic E-state index is 11.5. The molecule has 0 bridgehead atoms. The number of esters is 1. The predicted molar refractivity (Wildman–Crippen MR) is 56.6 cm³/mol. The number of alkyl halides is 1. The Kier molecular flexibility index (Phi) is 4.47. The number of hydrogen-bond acceptors (Lipinski definition) is 2. The van der Waals surface area contributed by atoms with Gasteiger partial charge in [0, 0.05) is 5.88 Å². The molecule has 14 heavy (non-hydrogen) atoms. The standard InChI is InChI=1S/C11H13ClO2/c1-2-7-14-11(13)10-6-4-3-5-9(10)8-12/h3-6H,2,7-8H2,1H3. The van der Waals surface area contributed by atoms with Gasteiger partial charge in [-0.15, -0.1) is 11.6 Å². The predicted octanol–water partition coefficient (Wildman–Crippen LogP) is 2.99. The van der Waals surface area contributed by atoms with Crippen LogP contribution < -0.4 is 0 Å². The molecule has 0 unspecified atom stereocenters. The van der Waals surface area contributed by atoms with Crippen molar-refractivity contribution in [3.63, 3.8) is 0 Å². The molecule has 76 valence electrons. The first kappa shape index (κ1) is 11.1. The SMILES string of the molecule is CCCOC(=O)c1ccccc1CCl. The van der Waals surface area contributed by atoms with Gasteiger partial charge in [0.05, 0.1) is 12.2 Å². The summed E-state index contributed by atoms with van der Waals surface area (Å²) in [4.78, 5) is 11.5. The Morgan fingerprint density at radius 1 is 1.43 bits per heavy atom. The van der Waals surface area contributed by atoms with Gasteiger partial charge in [0.15, 0.2) is 0 Å². The van der Waals surface area contributed by atoms with Crippen LogP contribution in [0, 0.1) is 0 Å². The first-order valence-corrected chi connectivity index (χ1v) is 5.14. The number of carbonyl (C=O) groups is 1. The Balaban J connectivity index is 2.78. The van der Waals surface area contributed by atoms with Gasteiger partial charge in [-0.05, 0) is 18.1 Å². The summed E-state index contributed by atoms with van der Waals surface area (Å²) in [7, 11) is 0. The lowest BCUT2D eigenvalue weighted by Crippen LogP contribution is -2.08. The van der Waals surface area contributed by atoms with Crippen molar-refractivity contribution in [3.05, 3.63) is 35.4 Å². The molecule has 0 amide bonds. The summed E-state index contributed by atoms with van der Waals surface area (Å²) in [6.07, 6.45) is 0.828. The van der Waals surface area contributed by atoms with E-state index >= 15 is 0 Å². The number of hydrogen-bond donors (Lipinski definition) is 0. The van der Waals surface area contributed by atoms with Crippen LogP contribution >= 0.6 is 11.6 Å². The zero-order chi connectivity index (χ0) is 10.4. The molecule has 0 saturated carbocycles. The van der Waals surface area contributed by atoms with E-state index in [4.69, 9.17) is 16.3 Å². The van der Waals surface area contributed by atoms with E-state index in [1.54, 1.807) is 12.1 Å². The van der Waals surface area contributed by atoms with Crippen LogP contribution in [0.4, 0.5) is 0 Å². The zero-order valence-electron chi connectivity index (χ0n) is 8.13. The highest BCUT2D eigenvalue weighted by Gasteiger charge is 2.10. The molecule has 1 aromatic rings. The van der Waals surface area contributed by atoms with Gasteiger partial charge in [-0.1, -0.05) is 25.1 Å². The second kappa shape index (κ2) is 5.66. The smallest absolute Gasteiger partial charge is 0.338 e. The van der Waals surface area contributed by atoms with E-state index < -0.39 is 0 Å². The molecular formula is C11H13ClO2. The number of rotatable bonds is 4. The molecule has 0 heterocycles. The Hall–Kier alpha value is -1.02. The molecule has 0 spiro atoms. The summed E-state index contributed by atoms with van der Waals surface area (Å²) in [6.45, 7) is 2.41. The molecule has 0 fully saturated rings. The first-order valence-electron chi connectivity index (χ1n) is 4.60. The Bertz CT molecular complexity index is 310. The van der Waals surface area contributed by atoms with Crippen LogP contribution in [0.2, 0.25) is 0 Å². The minimum absolute atomic E-state index is 0.289. The number of ether oxygens (including phenoxy) is 1. The van der Waals surface area contributed by atoms with Gasteiger partial charge in [0.2, 0.25) is 0 Å². The summed E-state index contributed by atoms with van der Waals surface area (Å²) in [5, 5.41) is 0. The van der Waals surface area contributed by atoms with Gasteiger partial charge in [0.1, 0.15) is 0 Å². The highest BCUT2D eigenvalue weighted by molar-refractivity contribution is 6.17. The molecule has 0 saturated heterocycles. The second-order valence-corrected chi connectivity index (χ2v) is 3.19.